The highest BCUT2D eigenvalue weighted by Crippen LogP contribution is 2.33. The van der Waals surface area contributed by atoms with E-state index in [9.17, 15) is 14.4 Å². The van der Waals surface area contributed by atoms with Crippen molar-refractivity contribution in [2.45, 2.75) is 25.0 Å². The predicted octanol–water partition coefficient (Wildman–Crippen LogP) is -0.339. The highest BCUT2D eigenvalue weighted by atomic mass is 32.2. The average molecular weight is 313 g/mol. The molecule has 0 aromatic carbocycles. The van der Waals surface area contributed by atoms with Crippen molar-refractivity contribution in [2.75, 3.05) is 37.7 Å². The third-order valence-electron chi connectivity index (χ3n) is 4.15. The number of thioether (sulfide) groups is 1. The molecule has 3 aliphatic rings. The number of nitrogens with one attached hydrogen (secondary N) is 1. The van der Waals surface area contributed by atoms with Crippen LogP contribution >= 0.6 is 11.8 Å². The van der Waals surface area contributed by atoms with Crippen molar-refractivity contribution in [3.8, 4) is 0 Å². The standard InChI is InChI=1S/C13H19N3O4S/c1-9-6-15(3-4-20-9)10(17)7-16-11(18)13(14-12(16)19)2-5-21-8-13/h9H,2-8H2,1H3,(H,14,19). The average Bonchev–Trinajstić information content (AvgIpc) is 3.00. The zero-order valence-electron chi connectivity index (χ0n) is 12.0. The van der Waals surface area contributed by atoms with Gasteiger partial charge in [0.1, 0.15) is 12.1 Å². The molecule has 3 saturated heterocycles. The summed E-state index contributed by atoms with van der Waals surface area (Å²) < 4.78 is 5.39. The molecule has 1 spiro atoms. The van der Waals surface area contributed by atoms with Crippen LogP contribution in [0.4, 0.5) is 4.79 Å². The summed E-state index contributed by atoms with van der Waals surface area (Å²) in [7, 11) is 0. The third-order valence-corrected chi connectivity index (χ3v) is 5.34. The molecule has 116 valence electrons. The van der Waals surface area contributed by atoms with E-state index in [1.807, 2.05) is 6.92 Å². The van der Waals surface area contributed by atoms with Gasteiger partial charge in [-0.1, -0.05) is 0 Å². The summed E-state index contributed by atoms with van der Waals surface area (Å²) >= 11 is 1.65. The van der Waals surface area contributed by atoms with E-state index < -0.39 is 11.6 Å². The van der Waals surface area contributed by atoms with Crippen molar-refractivity contribution < 1.29 is 19.1 Å². The molecule has 2 unspecified atom stereocenters. The lowest BCUT2D eigenvalue weighted by molar-refractivity contribution is -0.142. The number of hydrogen-bond donors (Lipinski definition) is 1. The molecule has 0 aromatic heterocycles. The highest BCUT2D eigenvalue weighted by Gasteiger charge is 2.53. The van der Waals surface area contributed by atoms with E-state index in [2.05, 4.69) is 5.32 Å². The van der Waals surface area contributed by atoms with Gasteiger partial charge in [-0.05, 0) is 19.1 Å². The van der Waals surface area contributed by atoms with Crippen molar-refractivity contribution >= 4 is 29.6 Å². The molecule has 3 fully saturated rings. The molecule has 3 heterocycles. The molecule has 3 aliphatic heterocycles. The van der Waals surface area contributed by atoms with Crippen LogP contribution in [-0.2, 0) is 14.3 Å². The first-order chi connectivity index (χ1) is 10.0. The van der Waals surface area contributed by atoms with Crippen molar-refractivity contribution in [1.29, 1.82) is 0 Å². The maximum absolute atomic E-state index is 12.5. The number of carbonyl (C=O) groups is 3. The Hall–Kier alpha value is -1.28. The van der Waals surface area contributed by atoms with Crippen LogP contribution in [0.2, 0.25) is 0 Å². The Morgan fingerprint density at radius 1 is 1.52 bits per heavy atom. The van der Waals surface area contributed by atoms with Gasteiger partial charge in [0.25, 0.3) is 5.91 Å². The quantitative estimate of drug-likeness (QED) is 0.706. The maximum atomic E-state index is 12.5. The number of amides is 4. The first kappa shape index (κ1) is 14.6. The molecule has 8 heteroatoms. The summed E-state index contributed by atoms with van der Waals surface area (Å²) in [5.74, 6) is 0.995. The van der Waals surface area contributed by atoms with E-state index in [0.29, 0.717) is 31.9 Å². The molecule has 21 heavy (non-hydrogen) atoms. The second-order valence-corrected chi connectivity index (χ2v) is 6.83. The van der Waals surface area contributed by atoms with Gasteiger partial charge in [-0.25, -0.2) is 4.79 Å². The van der Waals surface area contributed by atoms with Gasteiger partial charge >= 0.3 is 6.03 Å². The minimum absolute atomic E-state index is 0.0108. The van der Waals surface area contributed by atoms with Gasteiger partial charge in [-0.3, -0.25) is 14.5 Å². The molecule has 3 rings (SSSR count). The number of hydrogen-bond acceptors (Lipinski definition) is 5. The number of rotatable bonds is 2. The molecule has 0 bridgehead atoms. The number of carbonyl (C=O) groups excluding carboxylic acids is 3. The molecule has 7 nitrogen and oxygen atoms in total. The van der Waals surface area contributed by atoms with Crippen LogP contribution in [0.1, 0.15) is 13.3 Å². The Balaban J connectivity index is 1.65. The summed E-state index contributed by atoms with van der Waals surface area (Å²) in [4.78, 5) is 39.5. The number of ether oxygens (including phenoxy) is 1. The van der Waals surface area contributed by atoms with Crippen LogP contribution < -0.4 is 5.32 Å². The minimum atomic E-state index is -0.777. The van der Waals surface area contributed by atoms with Gasteiger partial charge in [0, 0.05) is 18.8 Å². The van der Waals surface area contributed by atoms with Crippen LogP contribution in [0.5, 0.6) is 0 Å². The molecular weight excluding hydrogens is 294 g/mol. The van der Waals surface area contributed by atoms with E-state index >= 15 is 0 Å². The second-order valence-electron chi connectivity index (χ2n) is 5.73. The minimum Gasteiger partial charge on any atom is -0.375 e. The first-order valence-electron chi connectivity index (χ1n) is 7.13. The molecule has 2 atom stereocenters. The number of urea groups is 1. The van der Waals surface area contributed by atoms with Crippen LogP contribution in [0.15, 0.2) is 0 Å². The Morgan fingerprint density at radius 3 is 3.00 bits per heavy atom. The number of morpholine rings is 1. The molecule has 0 aromatic rings. The first-order valence-corrected chi connectivity index (χ1v) is 8.28. The number of imide groups is 1. The van der Waals surface area contributed by atoms with Crippen molar-refractivity contribution in [1.82, 2.24) is 15.1 Å². The predicted molar refractivity (Wildman–Crippen MR) is 76.9 cm³/mol. The fourth-order valence-electron chi connectivity index (χ4n) is 2.93. The van der Waals surface area contributed by atoms with Gasteiger partial charge in [0.15, 0.2) is 0 Å². The molecular formula is C13H19N3O4S. The van der Waals surface area contributed by atoms with Crippen LogP contribution in [-0.4, -0.2) is 77.0 Å². The summed E-state index contributed by atoms with van der Waals surface area (Å²) in [5, 5.41) is 2.77. The van der Waals surface area contributed by atoms with Crippen molar-refractivity contribution in [3.63, 3.8) is 0 Å². The van der Waals surface area contributed by atoms with Crippen molar-refractivity contribution in [3.05, 3.63) is 0 Å². The Bertz CT molecular complexity index is 478. The van der Waals surface area contributed by atoms with Crippen LogP contribution in [0, 0.1) is 0 Å². The SMILES string of the molecule is CC1CN(C(=O)CN2C(=O)NC3(CCSC3)C2=O)CCO1. The fraction of sp³-hybridized carbons (Fsp3) is 0.769. The summed E-state index contributed by atoms with van der Waals surface area (Å²) in [5.41, 5.74) is -0.777. The lowest BCUT2D eigenvalue weighted by atomic mass is 9.99. The van der Waals surface area contributed by atoms with Gasteiger partial charge in [0.2, 0.25) is 5.91 Å². The van der Waals surface area contributed by atoms with Crippen molar-refractivity contribution in [2.24, 2.45) is 0 Å². The van der Waals surface area contributed by atoms with E-state index in [1.54, 1.807) is 16.7 Å². The second kappa shape index (κ2) is 5.49. The van der Waals surface area contributed by atoms with Crippen LogP contribution in [0.25, 0.3) is 0 Å². The molecule has 4 amide bonds. The Labute approximate surface area is 127 Å². The topological polar surface area (TPSA) is 79.0 Å². The summed E-state index contributed by atoms with van der Waals surface area (Å²) in [6, 6.07) is -0.447. The normalized spacial score (nSPS) is 32.9. The third kappa shape index (κ3) is 2.62. The van der Waals surface area contributed by atoms with Crippen LogP contribution in [0.3, 0.4) is 0 Å². The summed E-state index contributed by atoms with van der Waals surface area (Å²) in [6.07, 6.45) is 0.630. The maximum Gasteiger partial charge on any atom is 0.325 e. The zero-order valence-corrected chi connectivity index (χ0v) is 12.8. The smallest absolute Gasteiger partial charge is 0.325 e. The molecule has 0 radical (unpaired) electrons. The molecule has 0 aliphatic carbocycles. The lowest BCUT2D eigenvalue weighted by Crippen LogP contribution is -2.50. The monoisotopic (exact) mass is 313 g/mol. The van der Waals surface area contributed by atoms with E-state index in [4.69, 9.17) is 4.74 Å². The summed E-state index contributed by atoms with van der Waals surface area (Å²) in [6.45, 7) is 3.23. The largest absolute Gasteiger partial charge is 0.375 e. The fourth-order valence-corrected chi connectivity index (χ4v) is 4.26. The Kier molecular flexibility index (Phi) is 3.83. The Morgan fingerprint density at radius 2 is 2.33 bits per heavy atom. The zero-order chi connectivity index (χ0) is 15.0. The van der Waals surface area contributed by atoms with Gasteiger partial charge in [-0.2, -0.15) is 11.8 Å². The van der Waals surface area contributed by atoms with E-state index in [0.717, 1.165) is 10.7 Å². The van der Waals surface area contributed by atoms with Gasteiger partial charge < -0.3 is 15.0 Å². The molecule has 0 saturated carbocycles. The van der Waals surface area contributed by atoms with E-state index in [1.165, 1.54) is 0 Å². The molecule has 1 N–H and O–H groups in total. The number of nitrogens with zero attached hydrogens (tertiary/aromatic N) is 2. The highest BCUT2D eigenvalue weighted by molar-refractivity contribution is 7.99. The van der Waals surface area contributed by atoms with Gasteiger partial charge in [-0.15, -0.1) is 0 Å². The van der Waals surface area contributed by atoms with E-state index in [-0.39, 0.29) is 24.5 Å². The lowest BCUT2D eigenvalue weighted by Gasteiger charge is -2.32. The van der Waals surface area contributed by atoms with Gasteiger partial charge in [0.05, 0.1) is 12.7 Å².